The number of amides is 1. The van der Waals surface area contributed by atoms with Crippen molar-refractivity contribution in [2.45, 2.75) is 25.2 Å². The first kappa shape index (κ1) is 19.1. The molecule has 1 atom stereocenters. The van der Waals surface area contributed by atoms with E-state index in [2.05, 4.69) is 10.1 Å². The van der Waals surface area contributed by atoms with E-state index >= 15 is 0 Å². The molecule has 4 rings (SSSR count). The first-order valence-corrected chi connectivity index (χ1v) is 9.62. The molecule has 0 N–H and O–H groups in total. The van der Waals surface area contributed by atoms with Crippen molar-refractivity contribution in [1.29, 1.82) is 0 Å². The Morgan fingerprint density at radius 2 is 2.10 bits per heavy atom. The number of rotatable bonds is 5. The van der Waals surface area contributed by atoms with E-state index in [1.54, 1.807) is 19.2 Å². The summed E-state index contributed by atoms with van der Waals surface area (Å²) in [6, 6.07) is 13.5. The van der Waals surface area contributed by atoms with Crippen LogP contribution in [0.3, 0.4) is 0 Å². The SMILES string of the molecule is COc1cccc(CC(=O)N2CCC[C@@H](c3nc(-c4ccc(F)cc4)no3)C2)c1. The predicted octanol–water partition coefficient (Wildman–Crippen LogP) is 3.83. The molecule has 0 spiro atoms. The van der Waals surface area contributed by atoms with Crippen molar-refractivity contribution in [3.63, 3.8) is 0 Å². The Balaban J connectivity index is 1.43. The van der Waals surface area contributed by atoms with Crippen molar-refractivity contribution in [2.75, 3.05) is 20.2 Å². The van der Waals surface area contributed by atoms with Crippen LogP contribution in [0, 0.1) is 5.82 Å². The number of piperidine rings is 1. The van der Waals surface area contributed by atoms with Crippen molar-refractivity contribution < 1.29 is 18.4 Å². The van der Waals surface area contributed by atoms with Gasteiger partial charge in [0, 0.05) is 18.7 Å². The van der Waals surface area contributed by atoms with Gasteiger partial charge in [-0.05, 0) is 54.8 Å². The third kappa shape index (κ3) is 4.45. The molecule has 0 aliphatic carbocycles. The van der Waals surface area contributed by atoms with Gasteiger partial charge in [-0.2, -0.15) is 4.98 Å². The van der Waals surface area contributed by atoms with Crippen LogP contribution in [0.5, 0.6) is 5.75 Å². The van der Waals surface area contributed by atoms with Gasteiger partial charge in [0.2, 0.25) is 17.6 Å². The molecule has 2 aromatic carbocycles. The quantitative estimate of drug-likeness (QED) is 0.657. The lowest BCUT2D eigenvalue weighted by molar-refractivity contribution is -0.131. The molecule has 0 bridgehead atoms. The third-order valence-corrected chi connectivity index (χ3v) is 5.16. The highest BCUT2D eigenvalue weighted by atomic mass is 19.1. The number of halogens is 1. The van der Waals surface area contributed by atoms with Crippen LogP contribution >= 0.6 is 0 Å². The second kappa shape index (κ2) is 8.43. The summed E-state index contributed by atoms with van der Waals surface area (Å²) in [5.74, 6) is 1.45. The van der Waals surface area contributed by atoms with Gasteiger partial charge >= 0.3 is 0 Å². The number of aromatic nitrogens is 2. The number of ether oxygens (including phenoxy) is 1. The van der Waals surface area contributed by atoms with Crippen LogP contribution in [-0.4, -0.2) is 41.1 Å². The van der Waals surface area contributed by atoms with Crippen molar-refractivity contribution in [2.24, 2.45) is 0 Å². The average molecular weight is 395 g/mol. The Labute approximate surface area is 168 Å². The van der Waals surface area contributed by atoms with E-state index in [9.17, 15) is 9.18 Å². The molecule has 0 unspecified atom stereocenters. The van der Waals surface area contributed by atoms with Gasteiger partial charge in [-0.1, -0.05) is 17.3 Å². The lowest BCUT2D eigenvalue weighted by Crippen LogP contribution is -2.40. The van der Waals surface area contributed by atoms with E-state index in [0.717, 1.165) is 30.7 Å². The molecule has 2 heterocycles. The Morgan fingerprint density at radius 1 is 1.28 bits per heavy atom. The first-order chi connectivity index (χ1) is 14.1. The Hall–Kier alpha value is -3.22. The Morgan fingerprint density at radius 3 is 2.90 bits per heavy atom. The second-order valence-electron chi connectivity index (χ2n) is 7.17. The number of hydrogen-bond acceptors (Lipinski definition) is 5. The van der Waals surface area contributed by atoms with Gasteiger partial charge in [0.25, 0.3) is 0 Å². The summed E-state index contributed by atoms with van der Waals surface area (Å²) in [6.45, 7) is 1.27. The maximum atomic E-state index is 13.1. The summed E-state index contributed by atoms with van der Waals surface area (Å²) in [6.07, 6.45) is 2.09. The van der Waals surface area contributed by atoms with Crippen molar-refractivity contribution in [3.8, 4) is 17.1 Å². The van der Waals surface area contributed by atoms with Crippen LogP contribution < -0.4 is 4.74 Å². The van der Waals surface area contributed by atoms with Crippen LogP contribution in [0.4, 0.5) is 4.39 Å². The van der Waals surface area contributed by atoms with Crippen molar-refractivity contribution >= 4 is 5.91 Å². The lowest BCUT2D eigenvalue weighted by atomic mass is 9.97. The standard InChI is InChI=1S/C22H22FN3O3/c1-28-19-6-2-4-15(12-19)13-20(27)26-11-3-5-17(14-26)22-24-21(25-29-22)16-7-9-18(23)10-8-16/h2,4,6-10,12,17H,3,5,11,13-14H2,1H3/t17-/m1/s1. The van der Waals surface area contributed by atoms with E-state index in [1.165, 1.54) is 12.1 Å². The van der Waals surface area contributed by atoms with E-state index < -0.39 is 0 Å². The predicted molar refractivity (Wildman–Crippen MR) is 105 cm³/mol. The van der Waals surface area contributed by atoms with Crippen LogP contribution in [0.25, 0.3) is 11.4 Å². The smallest absolute Gasteiger partial charge is 0.231 e. The Kier molecular flexibility index (Phi) is 5.55. The number of carbonyl (C=O) groups excluding carboxylic acids is 1. The van der Waals surface area contributed by atoms with Crippen LogP contribution in [0.2, 0.25) is 0 Å². The molecule has 1 aliphatic rings. The van der Waals surface area contributed by atoms with E-state index in [1.807, 2.05) is 29.2 Å². The molecule has 7 heteroatoms. The summed E-state index contributed by atoms with van der Waals surface area (Å²) < 4.78 is 23.8. The first-order valence-electron chi connectivity index (χ1n) is 9.62. The number of carbonyl (C=O) groups is 1. The lowest BCUT2D eigenvalue weighted by Gasteiger charge is -2.31. The molecule has 0 radical (unpaired) electrons. The van der Waals surface area contributed by atoms with E-state index in [4.69, 9.17) is 9.26 Å². The number of benzene rings is 2. The van der Waals surface area contributed by atoms with Crippen LogP contribution in [-0.2, 0) is 11.2 Å². The highest BCUT2D eigenvalue weighted by Crippen LogP contribution is 2.28. The monoisotopic (exact) mass is 395 g/mol. The normalized spacial score (nSPS) is 16.6. The highest BCUT2D eigenvalue weighted by molar-refractivity contribution is 5.79. The second-order valence-corrected chi connectivity index (χ2v) is 7.17. The summed E-state index contributed by atoms with van der Waals surface area (Å²) in [7, 11) is 1.61. The number of hydrogen-bond donors (Lipinski definition) is 0. The largest absolute Gasteiger partial charge is 0.497 e. The van der Waals surface area contributed by atoms with Crippen LogP contribution in [0.1, 0.15) is 30.2 Å². The van der Waals surface area contributed by atoms with Gasteiger partial charge in [0.05, 0.1) is 19.4 Å². The maximum Gasteiger partial charge on any atom is 0.231 e. The minimum absolute atomic E-state index is 0.000271. The van der Waals surface area contributed by atoms with Crippen LogP contribution in [0.15, 0.2) is 53.1 Å². The molecule has 1 aromatic heterocycles. The zero-order valence-electron chi connectivity index (χ0n) is 16.2. The molecule has 1 saturated heterocycles. The van der Waals surface area contributed by atoms with Gasteiger partial charge in [0.15, 0.2) is 0 Å². The van der Waals surface area contributed by atoms with E-state index in [-0.39, 0.29) is 17.6 Å². The zero-order valence-corrected chi connectivity index (χ0v) is 16.2. The third-order valence-electron chi connectivity index (χ3n) is 5.16. The topological polar surface area (TPSA) is 68.5 Å². The van der Waals surface area contributed by atoms with Gasteiger partial charge in [-0.3, -0.25) is 4.79 Å². The summed E-state index contributed by atoms with van der Waals surface area (Å²) in [4.78, 5) is 19.1. The zero-order chi connectivity index (χ0) is 20.2. The molecule has 3 aromatic rings. The van der Waals surface area contributed by atoms with Gasteiger partial charge in [-0.15, -0.1) is 0 Å². The molecule has 29 heavy (non-hydrogen) atoms. The highest BCUT2D eigenvalue weighted by Gasteiger charge is 2.28. The summed E-state index contributed by atoms with van der Waals surface area (Å²) in [5, 5.41) is 4.02. The molecule has 1 aliphatic heterocycles. The van der Waals surface area contributed by atoms with Crippen molar-refractivity contribution in [3.05, 3.63) is 65.8 Å². The van der Waals surface area contributed by atoms with Gasteiger partial charge in [0.1, 0.15) is 11.6 Å². The fourth-order valence-corrected chi connectivity index (χ4v) is 3.59. The molecular weight excluding hydrogens is 373 g/mol. The average Bonchev–Trinajstić information content (AvgIpc) is 3.25. The molecule has 1 amide bonds. The molecule has 6 nitrogen and oxygen atoms in total. The number of likely N-dealkylation sites (tertiary alicyclic amines) is 1. The molecule has 1 fully saturated rings. The minimum Gasteiger partial charge on any atom is -0.497 e. The summed E-state index contributed by atoms with van der Waals surface area (Å²) >= 11 is 0. The van der Waals surface area contributed by atoms with Gasteiger partial charge < -0.3 is 14.2 Å². The molecular formula is C22H22FN3O3. The molecule has 150 valence electrons. The molecule has 0 saturated carbocycles. The fourth-order valence-electron chi connectivity index (χ4n) is 3.59. The Bertz CT molecular complexity index is 987. The fraction of sp³-hybridized carbons (Fsp3) is 0.318. The van der Waals surface area contributed by atoms with Gasteiger partial charge in [-0.25, -0.2) is 4.39 Å². The minimum atomic E-state index is -0.310. The number of nitrogens with zero attached hydrogens (tertiary/aromatic N) is 3. The number of methoxy groups -OCH3 is 1. The van der Waals surface area contributed by atoms with E-state index in [0.29, 0.717) is 30.2 Å². The van der Waals surface area contributed by atoms with Crippen molar-refractivity contribution in [1.82, 2.24) is 15.0 Å². The maximum absolute atomic E-state index is 13.1. The summed E-state index contributed by atoms with van der Waals surface area (Å²) in [5.41, 5.74) is 1.62.